The number of H-pyrrole nitrogens is 1. The van der Waals surface area contributed by atoms with Gasteiger partial charge in [0.05, 0.1) is 38.0 Å². The van der Waals surface area contributed by atoms with Crippen molar-refractivity contribution in [1.29, 1.82) is 0 Å². The van der Waals surface area contributed by atoms with Gasteiger partial charge >= 0.3 is 6.03 Å². The number of pyridine rings is 1. The fourth-order valence-corrected chi connectivity index (χ4v) is 3.75. The number of rotatable bonds is 3. The molecule has 0 atom stereocenters. The third-order valence-corrected chi connectivity index (χ3v) is 5.36. The molecule has 5 rings (SSSR count). The summed E-state index contributed by atoms with van der Waals surface area (Å²) in [6.07, 6.45) is 5.65. The van der Waals surface area contributed by atoms with Gasteiger partial charge in [-0.05, 0) is 12.8 Å². The van der Waals surface area contributed by atoms with Crippen LogP contribution in [0.2, 0.25) is 0 Å². The van der Waals surface area contributed by atoms with Gasteiger partial charge in [0, 0.05) is 38.1 Å². The molecule has 0 unspecified atom stereocenters. The van der Waals surface area contributed by atoms with Gasteiger partial charge in [-0.25, -0.2) is 18.6 Å². The zero-order valence-electron chi connectivity index (χ0n) is 17.9. The Morgan fingerprint density at radius 2 is 1.72 bits per heavy atom. The number of aromatic nitrogens is 3. The molecule has 0 aliphatic carbocycles. The van der Waals surface area contributed by atoms with Crippen LogP contribution in [0.1, 0.15) is 18.4 Å². The molecular formula is C21H23F2N5O4. The van der Waals surface area contributed by atoms with E-state index in [1.165, 1.54) is 39.0 Å². The van der Waals surface area contributed by atoms with Crippen LogP contribution in [0.5, 0.6) is 11.5 Å². The molecule has 2 aliphatic heterocycles. The smallest absolute Gasteiger partial charge is 0.329 e. The number of halogens is 2. The molecule has 0 radical (unpaired) electrons. The van der Waals surface area contributed by atoms with E-state index in [1.807, 2.05) is 0 Å². The van der Waals surface area contributed by atoms with Crippen LogP contribution in [-0.4, -0.2) is 55.7 Å². The quantitative estimate of drug-likeness (QED) is 0.659. The number of carbonyl (C=O) groups excluding carboxylic acids is 1. The number of benzene rings is 1. The van der Waals surface area contributed by atoms with E-state index < -0.39 is 23.4 Å². The molecule has 11 heteroatoms. The van der Waals surface area contributed by atoms with Crippen LogP contribution in [-0.2, 0) is 11.3 Å². The Hall–Kier alpha value is -3.47. The van der Waals surface area contributed by atoms with Gasteiger partial charge in [0.15, 0.2) is 28.8 Å². The fourth-order valence-electron chi connectivity index (χ4n) is 3.75. The Morgan fingerprint density at radius 1 is 1.06 bits per heavy atom. The number of hydrogen-bond acceptors (Lipinski definition) is 6. The van der Waals surface area contributed by atoms with Crippen molar-refractivity contribution in [2.75, 3.05) is 44.3 Å². The van der Waals surface area contributed by atoms with Crippen LogP contribution in [0.25, 0.3) is 11.0 Å². The third kappa shape index (κ3) is 3.68. The van der Waals surface area contributed by atoms with Gasteiger partial charge in [-0.1, -0.05) is 0 Å². The molecule has 1 aromatic carbocycles. The van der Waals surface area contributed by atoms with Gasteiger partial charge in [0.25, 0.3) is 0 Å². The van der Waals surface area contributed by atoms with Crippen molar-refractivity contribution in [2.45, 2.75) is 19.4 Å². The number of hydrogen-bond donors (Lipinski definition) is 1. The van der Waals surface area contributed by atoms with Crippen molar-refractivity contribution in [3.05, 3.63) is 35.7 Å². The summed E-state index contributed by atoms with van der Waals surface area (Å²) in [7, 11) is 4.02. The molecule has 1 saturated heterocycles. The van der Waals surface area contributed by atoms with Gasteiger partial charge < -0.3 is 14.2 Å². The average molecular weight is 447 g/mol. The minimum atomic E-state index is -0.988. The normalized spacial score (nSPS) is 15.5. The Balaban J connectivity index is 0.000000433. The highest BCUT2D eigenvalue weighted by Crippen LogP contribution is 2.41. The molecular weight excluding hydrogens is 424 g/mol. The molecule has 1 N–H and O–H groups in total. The molecule has 4 heterocycles. The van der Waals surface area contributed by atoms with Crippen molar-refractivity contribution in [1.82, 2.24) is 15.2 Å². The first kappa shape index (κ1) is 21.8. The summed E-state index contributed by atoms with van der Waals surface area (Å²) in [6.45, 7) is 1.93. The van der Waals surface area contributed by atoms with E-state index in [0.717, 1.165) is 24.2 Å². The summed E-state index contributed by atoms with van der Waals surface area (Å²) in [6, 6.07) is 0.487. The second-order valence-corrected chi connectivity index (χ2v) is 7.27. The van der Waals surface area contributed by atoms with Crippen molar-refractivity contribution in [2.24, 2.45) is 0 Å². The third-order valence-electron chi connectivity index (χ3n) is 5.36. The maximum atomic E-state index is 14.9. The first-order chi connectivity index (χ1) is 15.5. The highest BCUT2D eigenvalue weighted by atomic mass is 19.1. The zero-order valence-corrected chi connectivity index (χ0v) is 17.9. The fraction of sp³-hybridized carbons (Fsp3) is 0.381. The van der Waals surface area contributed by atoms with Crippen LogP contribution in [0, 0.1) is 11.6 Å². The number of fused-ring (bicyclic) bond motifs is 3. The van der Waals surface area contributed by atoms with Crippen molar-refractivity contribution in [3.63, 3.8) is 0 Å². The van der Waals surface area contributed by atoms with E-state index in [1.54, 1.807) is 12.4 Å². The molecule has 170 valence electrons. The van der Waals surface area contributed by atoms with Crippen LogP contribution in [0.15, 0.2) is 18.5 Å². The number of nitrogens with one attached hydrogen (secondary N) is 1. The predicted octanol–water partition coefficient (Wildman–Crippen LogP) is 3.63. The van der Waals surface area contributed by atoms with Crippen molar-refractivity contribution >= 4 is 28.4 Å². The van der Waals surface area contributed by atoms with Crippen LogP contribution >= 0.6 is 0 Å². The number of urea groups is 1. The van der Waals surface area contributed by atoms with E-state index in [9.17, 15) is 13.6 Å². The first-order valence-corrected chi connectivity index (χ1v) is 10.0. The summed E-state index contributed by atoms with van der Waals surface area (Å²) < 4.78 is 44.6. The molecule has 1 fully saturated rings. The van der Waals surface area contributed by atoms with Gasteiger partial charge in [-0.15, -0.1) is 0 Å². The number of methoxy groups -OCH3 is 2. The van der Waals surface area contributed by atoms with Gasteiger partial charge in [-0.2, -0.15) is 5.10 Å². The minimum absolute atomic E-state index is 0.0726. The molecule has 2 aliphatic rings. The summed E-state index contributed by atoms with van der Waals surface area (Å²) in [5.41, 5.74) is 1.18. The number of anilines is 2. The second-order valence-electron chi connectivity index (χ2n) is 7.27. The number of amides is 2. The molecule has 2 amide bonds. The van der Waals surface area contributed by atoms with Gasteiger partial charge in [0.2, 0.25) is 0 Å². The molecule has 3 aromatic rings. The Labute approximate surface area is 182 Å². The number of nitrogens with zero attached hydrogens (tertiary/aromatic N) is 4. The van der Waals surface area contributed by atoms with Gasteiger partial charge in [-0.3, -0.25) is 14.9 Å². The summed E-state index contributed by atoms with van der Waals surface area (Å²) >= 11 is 0. The molecule has 9 nitrogen and oxygen atoms in total. The highest BCUT2D eigenvalue weighted by molar-refractivity contribution is 6.10. The molecule has 0 spiro atoms. The van der Waals surface area contributed by atoms with Crippen LogP contribution < -0.4 is 19.3 Å². The lowest BCUT2D eigenvalue weighted by Gasteiger charge is -2.35. The van der Waals surface area contributed by atoms with Crippen LogP contribution in [0.3, 0.4) is 0 Å². The maximum absolute atomic E-state index is 14.9. The van der Waals surface area contributed by atoms with E-state index >= 15 is 0 Å². The Kier molecular flexibility index (Phi) is 6.08. The summed E-state index contributed by atoms with van der Waals surface area (Å²) in [5, 5.41) is 7.30. The van der Waals surface area contributed by atoms with Crippen molar-refractivity contribution in [3.8, 4) is 11.5 Å². The SMILES string of the molecule is C1CCOC1.COc1cc(OC)c(F)c(N2Cc3cnc4[nH]ncc4c3N(C)C2=O)c1F. The standard InChI is InChI=1S/C17H15F2N5O3.C4H8O/c1-23-14-8(5-20-16-9(14)6-21-22-16)7-24(17(23)25)15-12(18)10(26-2)4-11(27-3)13(15)19;1-2-4-5-3-1/h4-6H,7H2,1-3H3,(H,20,21,22);1-4H2. The number of aromatic amines is 1. The number of carbonyl (C=O) groups is 1. The molecule has 32 heavy (non-hydrogen) atoms. The topological polar surface area (TPSA) is 92.8 Å². The minimum Gasteiger partial charge on any atom is -0.493 e. The van der Waals surface area contributed by atoms with E-state index in [-0.39, 0.29) is 18.0 Å². The Morgan fingerprint density at radius 3 is 2.28 bits per heavy atom. The Bertz CT molecular complexity index is 1110. The average Bonchev–Trinajstić information content (AvgIpc) is 3.52. The second kappa shape index (κ2) is 8.95. The molecule has 0 bridgehead atoms. The highest BCUT2D eigenvalue weighted by Gasteiger charge is 2.36. The lowest BCUT2D eigenvalue weighted by Crippen LogP contribution is -2.46. The van der Waals surface area contributed by atoms with E-state index in [4.69, 9.17) is 14.2 Å². The van der Waals surface area contributed by atoms with Crippen molar-refractivity contribution < 1.29 is 27.8 Å². The number of ether oxygens (including phenoxy) is 3. The predicted molar refractivity (Wildman–Crippen MR) is 113 cm³/mol. The van der Waals surface area contributed by atoms with E-state index in [0.29, 0.717) is 22.3 Å². The lowest BCUT2D eigenvalue weighted by molar-refractivity contribution is 0.198. The van der Waals surface area contributed by atoms with Gasteiger partial charge in [0.1, 0.15) is 5.69 Å². The van der Waals surface area contributed by atoms with E-state index in [2.05, 4.69) is 15.2 Å². The largest absolute Gasteiger partial charge is 0.493 e. The van der Waals surface area contributed by atoms with Crippen LogP contribution in [0.4, 0.5) is 25.0 Å². The summed E-state index contributed by atoms with van der Waals surface area (Å²) in [5.74, 6) is -2.43. The zero-order chi connectivity index (χ0) is 22.8. The lowest BCUT2D eigenvalue weighted by atomic mass is 10.1. The maximum Gasteiger partial charge on any atom is 0.329 e. The molecule has 0 saturated carbocycles. The summed E-state index contributed by atoms with van der Waals surface area (Å²) in [4.78, 5) is 19.5. The molecule has 2 aromatic heterocycles. The monoisotopic (exact) mass is 447 g/mol. The first-order valence-electron chi connectivity index (χ1n) is 10.0.